The van der Waals surface area contributed by atoms with Crippen molar-refractivity contribution in [1.82, 2.24) is 0 Å². The lowest BCUT2D eigenvalue weighted by Gasteiger charge is -2.20. The second-order valence-electron chi connectivity index (χ2n) is 4.61. The Morgan fingerprint density at radius 2 is 1.89 bits per heavy atom. The summed E-state index contributed by atoms with van der Waals surface area (Å²) in [6.45, 7) is 7.82. The monoisotopic (exact) mass is 264 g/mol. The van der Waals surface area contributed by atoms with Crippen LogP contribution in [0.25, 0.3) is 5.57 Å². The minimum absolute atomic E-state index is 0.528. The molecule has 0 saturated carbocycles. The highest BCUT2D eigenvalue weighted by Gasteiger charge is 2.22. The molecule has 18 heavy (non-hydrogen) atoms. The summed E-state index contributed by atoms with van der Waals surface area (Å²) in [7, 11) is -3.59. The molecule has 96 valence electrons. The Hall–Kier alpha value is -1.62. The maximum atomic E-state index is 11.5. The van der Waals surface area contributed by atoms with E-state index in [0.717, 1.165) is 16.7 Å². The van der Waals surface area contributed by atoms with E-state index in [1.54, 1.807) is 13.0 Å². The molecule has 0 unspecified atom stereocenters. The Bertz CT molecular complexity index is 666. The van der Waals surface area contributed by atoms with Crippen LogP contribution in [-0.2, 0) is 10.2 Å². The average molecular weight is 264 g/mol. The fourth-order valence-corrected chi connectivity index (χ4v) is 2.94. The van der Waals surface area contributed by atoms with Gasteiger partial charge in [0.1, 0.15) is 0 Å². The van der Waals surface area contributed by atoms with Gasteiger partial charge >= 0.3 is 10.2 Å². The van der Waals surface area contributed by atoms with Crippen LogP contribution in [0.4, 0.5) is 5.69 Å². The second kappa shape index (κ2) is 4.24. The number of benzene rings is 1. The Balaban J connectivity index is 2.75. The number of nitrogens with one attached hydrogen (secondary N) is 1. The molecule has 4 nitrogen and oxygen atoms in total. The molecular formula is C13H16N2O2S. The lowest BCUT2D eigenvalue weighted by atomic mass is 9.94. The molecule has 0 radical (unpaired) electrons. The van der Waals surface area contributed by atoms with Gasteiger partial charge in [0.05, 0.1) is 11.4 Å². The van der Waals surface area contributed by atoms with Gasteiger partial charge in [0.15, 0.2) is 0 Å². The SMILES string of the molecule is CC1=NS(=O)(=O)Nc2cccc(C(C)=C(C)C)c21. The van der Waals surface area contributed by atoms with Gasteiger partial charge in [0.2, 0.25) is 0 Å². The van der Waals surface area contributed by atoms with Crippen molar-refractivity contribution in [3.63, 3.8) is 0 Å². The molecule has 0 amide bonds. The van der Waals surface area contributed by atoms with Crippen molar-refractivity contribution in [2.24, 2.45) is 4.40 Å². The zero-order valence-electron chi connectivity index (χ0n) is 10.9. The van der Waals surface area contributed by atoms with E-state index >= 15 is 0 Å². The fraction of sp³-hybridized carbons (Fsp3) is 0.308. The summed E-state index contributed by atoms with van der Waals surface area (Å²) >= 11 is 0. The Morgan fingerprint density at radius 3 is 2.50 bits per heavy atom. The number of fused-ring (bicyclic) bond motifs is 1. The van der Waals surface area contributed by atoms with Crippen molar-refractivity contribution in [1.29, 1.82) is 0 Å². The van der Waals surface area contributed by atoms with Crippen molar-refractivity contribution in [3.8, 4) is 0 Å². The van der Waals surface area contributed by atoms with Crippen LogP contribution in [0, 0.1) is 0 Å². The third-order valence-electron chi connectivity index (χ3n) is 3.08. The molecule has 1 aliphatic heterocycles. The van der Waals surface area contributed by atoms with Gasteiger partial charge in [0, 0.05) is 5.56 Å². The van der Waals surface area contributed by atoms with Gasteiger partial charge in [-0.05, 0) is 44.9 Å². The van der Waals surface area contributed by atoms with Gasteiger partial charge < -0.3 is 0 Å². The summed E-state index contributed by atoms with van der Waals surface area (Å²) in [5, 5.41) is 0. The van der Waals surface area contributed by atoms with Crippen LogP contribution in [0.1, 0.15) is 38.8 Å². The fourth-order valence-electron chi connectivity index (χ4n) is 2.00. The normalized spacial score (nSPS) is 16.3. The largest absolute Gasteiger partial charge is 0.342 e. The van der Waals surface area contributed by atoms with Crippen LogP contribution in [0.5, 0.6) is 0 Å². The van der Waals surface area contributed by atoms with Crippen molar-refractivity contribution < 1.29 is 8.42 Å². The van der Waals surface area contributed by atoms with E-state index in [9.17, 15) is 8.42 Å². The number of nitrogens with zero attached hydrogens (tertiary/aromatic N) is 1. The molecule has 1 aromatic carbocycles. The van der Waals surface area contributed by atoms with E-state index in [4.69, 9.17) is 0 Å². The first-order valence-corrected chi connectivity index (χ1v) is 7.13. The number of anilines is 1. The predicted octanol–water partition coefficient (Wildman–Crippen LogP) is 2.98. The number of hydrogen-bond donors (Lipinski definition) is 1. The molecule has 1 aromatic rings. The van der Waals surface area contributed by atoms with Crippen LogP contribution >= 0.6 is 0 Å². The molecule has 0 spiro atoms. The highest BCUT2D eigenvalue weighted by atomic mass is 32.2. The number of rotatable bonds is 1. The minimum atomic E-state index is -3.59. The van der Waals surface area contributed by atoms with Crippen molar-refractivity contribution in [2.45, 2.75) is 27.7 Å². The maximum absolute atomic E-state index is 11.5. The molecule has 0 saturated heterocycles. The zero-order valence-corrected chi connectivity index (χ0v) is 11.7. The van der Waals surface area contributed by atoms with Gasteiger partial charge in [0.25, 0.3) is 0 Å². The summed E-state index contributed by atoms with van der Waals surface area (Å²) in [5.74, 6) is 0. The number of allylic oxidation sites excluding steroid dienone is 2. The summed E-state index contributed by atoms with van der Waals surface area (Å²) < 4.78 is 29.2. The quantitative estimate of drug-likeness (QED) is 0.847. The molecule has 0 aliphatic carbocycles. The van der Waals surface area contributed by atoms with Crippen molar-refractivity contribution in [2.75, 3.05) is 4.72 Å². The van der Waals surface area contributed by atoms with E-state index in [1.807, 2.05) is 32.9 Å². The predicted molar refractivity (Wildman–Crippen MR) is 75.1 cm³/mol. The Morgan fingerprint density at radius 1 is 1.22 bits per heavy atom. The van der Waals surface area contributed by atoms with Gasteiger partial charge in [-0.3, -0.25) is 4.72 Å². The lowest BCUT2D eigenvalue weighted by molar-refractivity contribution is 0.602. The summed E-state index contributed by atoms with van der Waals surface area (Å²) in [4.78, 5) is 0. The molecule has 2 rings (SSSR count). The highest BCUT2D eigenvalue weighted by Crippen LogP contribution is 2.31. The zero-order chi connectivity index (χ0) is 13.5. The second-order valence-corrected chi connectivity index (χ2v) is 5.94. The summed E-state index contributed by atoms with van der Waals surface area (Å²) in [5.41, 5.74) is 5.36. The average Bonchev–Trinajstić information content (AvgIpc) is 2.25. The third kappa shape index (κ3) is 2.18. The molecule has 0 fully saturated rings. The molecule has 0 bridgehead atoms. The summed E-state index contributed by atoms with van der Waals surface area (Å²) in [6, 6.07) is 5.59. The molecule has 0 atom stereocenters. The van der Waals surface area contributed by atoms with Gasteiger partial charge in [-0.15, -0.1) is 4.40 Å². The Labute approximate surface area is 108 Å². The first-order valence-electron chi connectivity index (χ1n) is 5.69. The van der Waals surface area contributed by atoms with Crippen LogP contribution < -0.4 is 4.72 Å². The van der Waals surface area contributed by atoms with E-state index in [2.05, 4.69) is 9.12 Å². The van der Waals surface area contributed by atoms with E-state index in [-0.39, 0.29) is 0 Å². The minimum Gasteiger partial charge on any atom is -0.264 e. The van der Waals surface area contributed by atoms with E-state index < -0.39 is 10.2 Å². The smallest absolute Gasteiger partial charge is 0.264 e. The van der Waals surface area contributed by atoms with Crippen LogP contribution in [0.3, 0.4) is 0 Å². The maximum Gasteiger partial charge on any atom is 0.342 e. The van der Waals surface area contributed by atoms with E-state index in [0.29, 0.717) is 11.4 Å². The van der Waals surface area contributed by atoms with Gasteiger partial charge in [-0.2, -0.15) is 8.42 Å². The van der Waals surface area contributed by atoms with Gasteiger partial charge in [-0.25, -0.2) is 0 Å². The van der Waals surface area contributed by atoms with Crippen LogP contribution in [-0.4, -0.2) is 14.1 Å². The first-order chi connectivity index (χ1) is 8.32. The molecule has 5 heteroatoms. The van der Waals surface area contributed by atoms with Gasteiger partial charge in [-0.1, -0.05) is 17.7 Å². The van der Waals surface area contributed by atoms with E-state index in [1.165, 1.54) is 5.57 Å². The first kappa shape index (κ1) is 12.8. The molecule has 1 aliphatic rings. The van der Waals surface area contributed by atoms with Crippen molar-refractivity contribution in [3.05, 3.63) is 34.9 Å². The lowest BCUT2D eigenvalue weighted by Crippen LogP contribution is -2.20. The molecule has 0 aromatic heterocycles. The molecule has 1 heterocycles. The topological polar surface area (TPSA) is 58.5 Å². The summed E-state index contributed by atoms with van der Waals surface area (Å²) in [6.07, 6.45) is 0. The number of hydrogen-bond acceptors (Lipinski definition) is 2. The highest BCUT2D eigenvalue weighted by molar-refractivity contribution is 7.91. The molecular weight excluding hydrogens is 248 g/mol. The van der Waals surface area contributed by atoms with Crippen LogP contribution in [0.15, 0.2) is 28.2 Å². The third-order valence-corrected chi connectivity index (χ3v) is 4.07. The van der Waals surface area contributed by atoms with Crippen molar-refractivity contribution >= 4 is 27.2 Å². The molecule has 1 N–H and O–H groups in total. The standard InChI is InChI=1S/C13H16N2O2S/c1-8(2)9(3)11-6-5-7-12-13(11)10(4)14-18(16,17)15-12/h5-7,15H,1-4H3. The Kier molecular flexibility index (Phi) is 3.02. The van der Waals surface area contributed by atoms with Crippen LogP contribution in [0.2, 0.25) is 0 Å².